The third kappa shape index (κ3) is 5.34. The van der Waals surface area contributed by atoms with Crippen LogP contribution in [0.5, 0.6) is 0 Å². The number of rotatable bonds is 6. The van der Waals surface area contributed by atoms with E-state index in [0.29, 0.717) is 0 Å². The molecule has 2 heteroatoms. The van der Waals surface area contributed by atoms with Gasteiger partial charge in [0, 0.05) is 33.3 Å². The molecule has 1 aromatic heterocycles. The van der Waals surface area contributed by atoms with Crippen molar-refractivity contribution in [1.82, 2.24) is 0 Å². The highest BCUT2D eigenvalue weighted by atomic mass is 16.3. The molecule has 0 saturated carbocycles. The Bertz CT molecular complexity index is 3250. The molecule has 56 heavy (non-hydrogen) atoms. The van der Waals surface area contributed by atoms with Crippen LogP contribution in [0.4, 0.5) is 17.1 Å². The van der Waals surface area contributed by atoms with Crippen molar-refractivity contribution in [2.75, 3.05) is 4.90 Å². The first-order valence-electron chi connectivity index (χ1n) is 19.2. The topological polar surface area (TPSA) is 16.4 Å². The van der Waals surface area contributed by atoms with E-state index >= 15 is 0 Å². The number of furan rings is 1. The monoisotopic (exact) mass is 713 g/mol. The first-order chi connectivity index (χ1) is 27.8. The maximum atomic E-state index is 6.44. The molecule has 0 spiro atoms. The van der Waals surface area contributed by atoms with Gasteiger partial charge in [0.1, 0.15) is 11.2 Å². The van der Waals surface area contributed by atoms with Crippen LogP contribution < -0.4 is 4.90 Å². The standard InChI is InChI=1S/C54H35NO/c1-2-13-39-34-41(25-24-36(39)12-1)45-16-7-9-22-52(45)55(42-30-26-37(27-31-42)46-20-11-21-50-49-19-8-10-23-53(49)56-54(46)50)43-32-28-38(29-33-43)51-35-40-14-3-4-15-44(40)47-17-5-6-18-48(47)51/h1-35H. The van der Waals surface area contributed by atoms with Gasteiger partial charge in [-0.15, -0.1) is 0 Å². The van der Waals surface area contributed by atoms with E-state index in [2.05, 4.69) is 205 Å². The molecule has 0 aliphatic rings. The normalized spacial score (nSPS) is 11.6. The molecule has 0 saturated heterocycles. The molecule has 11 rings (SSSR count). The fourth-order valence-electron chi connectivity index (χ4n) is 8.54. The van der Waals surface area contributed by atoms with E-state index in [9.17, 15) is 0 Å². The molecule has 262 valence electrons. The van der Waals surface area contributed by atoms with Gasteiger partial charge in [-0.05, 0) is 103 Å². The van der Waals surface area contributed by atoms with Crippen LogP contribution in [0.3, 0.4) is 0 Å². The Balaban J connectivity index is 1.06. The van der Waals surface area contributed by atoms with Crippen LogP contribution in [0.2, 0.25) is 0 Å². The van der Waals surface area contributed by atoms with Crippen LogP contribution in [-0.4, -0.2) is 0 Å². The molecule has 0 aliphatic heterocycles. The fourth-order valence-corrected chi connectivity index (χ4v) is 8.54. The highest BCUT2D eigenvalue weighted by Crippen LogP contribution is 2.44. The summed E-state index contributed by atoms with van der Waals surface area (Å²) < 4.78 is 6.44. The van der Waals surface area contributed by atoms with E-state index < -0.39 is 0 Å². The minimum atomic E-state index is 0.906. The molecule has 0 radical (unpaired) electrons. The predicted octanol–water partition coefficient (Wildman–Crippen LogP) is 15.5. The maximum absolute atomic E-state index is 6.44. The lowest BCUT2D eigenvalue weighted by molar-refractivity contribution is 0.670. The molecule has 0 N–H and O–H groups in total. The third-order valence-electron chi connectivity index (χ3n) is 11.3. The number of nitrogens with zero attached hydrogens (tertiary/aromatic N) is 1. The van der Waals surface area contributed by atoms with Gasteiger partial charge >= 0.3 is 0 Å². The Kier molecular flexibility index (Phi) is 7.53. The van der Waals surface area contributed by atoms with Gasteiger partial charge in [0.25, 0.3) is 0 Å². The molecular formula is C54H35NO. The van der Waals surface area contributed by atoms with Gasteiger partial charge in [-0.2, -0.15) is 0 Å². The molecule has 0 atom stereocenters. The minimum Gasteiger partial charge on any atom is -0.455 e. The van der Waals surface area contributed by atoms with Crippen molar-refractivity contribution < 1.29 is 4.42 Å². The van der Waals surface area contributed by atoms with Crippen LogP contribution in [0, 0.1) is 0 Å². The highest BCUT2D eigenvalue weighted by Gasteiger charge is 2.19. The first kappa shape index (κ1) is 32.0. The summed E-state index contributed by atoms with van der Waals surface area (Å²) in [6.07, 6.45) is 0. The maximum Gasteiger partial charge on any atom is 0.143 e. The Morgan fingerprint density at radius 3 is 1.64 bits per heavy atom. The van der Waals surface area contributed by atoms with Crippen molar-refractivity contribution in [3.63, 3.8) is 0 Å². The van der Waals surface area contributed by atoms with E-state index in [-0.39, 0.29) is 0 Å². The van der Waals surface area contributed by atoms with Crippen LogP contribution in [0.1, 0.15) is 0 Å². The zero-order valence-corrected chi connectivity index (χ0v) is 30.6. The predicted molar refractivity (Wildman–Crippen MR) is 237 cm³/mol. The van der Waals surface area contributed by atoms with Crippen molar-refractivity contribution >= 4 is 71.3 Å². The minimum absolute atomic E-state index is 0.906. The van der Waals surface area contributed by atoms with Crippen molar-refractivity contribution in [2.24, 2.45) is 0 Å². The molecule has 0 bridgehead atoms. The van der Waals surface area contributed by atoms with Gasteiger partial charge in [-0.3, -0.25) is 0 Å². The number of fused-ring (bicyclic) bond motifs is 7. The Labute approximate surface area is 325 Å². The van der Waals surface area contributed by atoms with Gasteiger partial charge in [-0.25, -0.2) is 0 Å². The number of benzene rings is 10. The number of hydrogen-bond donors (Lipinski definition) is 0. The Morgan fingerprint density at radius 1 is 0.304 bits per heavy atom. The summed E-state index contributed by atoms with van der Waals surface area (Å²) in [5.74, 6) is 0. The summed E-state index contributed by atoms with van der Waals surface area (Å²) in [5, 5.41) is 9.78. The van der Waals surface area contributed by atoms with Gasteiger partial charge in [-0.1, -0.05) is 164 Å². The van der Waals surface area contributed by atoms with E-state index in [1.165, 1.54) is 54.6 Å². The second-order valence-electron chi connectivity index (χ2n) is 14.5. The molecule has 0 amide bonds. The summed E-state index contributed by atoms with van der Waals surface area (Å²) in [7, 11) is 0. The SMILES string of the molecule is c1ccc(N(c2ccc(-c3cc4ccccc4c4ccccc34)cc2)c2ccc(-c3cccc4c3oc3ccccc34)cc2)c(-c2ccc3ccccc3c2)c1. The van der Waals surface area contributed by atoms with Crippen LogP contribution in [0.25, 0.3) is 87.6 Å². The van der Waals surface area contributed by atoms with Crippen molar-refractivity contribution in [2.45, 2.75) is 0 Å². The zero-order valence-electron chi connectivity index (χ0n) is 30.6. The van der Waals surface area contributed by atoms with Gasteiger partial charge in [0.15, 0.2) is 0 Å². The summed E-state index contributed by atoms with van der Waals surface area (Å²) in [6, 6.07) is 76.5. The lowest BCUT2D eigenvalue weighted by Crippen LogP contribution is -2.11. The molecule has 0 unspecified atom stereocenters. The molecular weight excluding hydrogens is 679 g/mol. The van der Waals surface area contributed by atoms with Crippen molar-refractivity contribution in [3.8, 4) is 33.4 Å². The van der Waals surface area contributed by atoms with Crippen LogP contribution in [0.15, 0.2) is 217 Å². The van der Waals surface area contributed by atoms with E-state index in [1.54, 1.807) is 0 Å². The smallest absolute Gasteiger partial charge is 0.143 e. The molecule has 2 nitrogen and oxygen atoms in total. The number of para-hydroxylation sites is 3. The van der Waals surface area contributed by atoms with Gasteiger partial charge in [0.05, 0.1) is 5.69 Å². The second kappa shape index (κ2) is 13.2. The quantitative estimate of drug-likeness (QED) is 0.160. The fraction of sp³-hybridized carbons (Fsp3) is 0. The summed E-state index contributed by atoms with van der Waals surface area (Å²) in [5.41, 5.74) is 12.0. The molecule has 10 aromatic carbocycles. The Morgan fingerprint density at radius 2 is 0.857 bits per heavy atom. The van der Waals surface area contributed by atoms with E-state index in [1.807, 2.05) is 12.1 Å². The first-order valence-corrected chi connectivity index (χ1v) is 19.2. The zero-order chi connectivity index (χ0) is 37.0. The average molecular weight is 714 g/mol. The van der Waals surface area contributed by atoms with Gasteiger partial charge < -0.3 is 9.32 Å². The van der Waals surface area contributed by atoms with Crippen LogP contribution >= 0.6 is 0 Å². The Hall–Kier alpha value is -7.42. The average Bonchev–Trinajstić information content (AvgIpc) is 3.66. The van der Waals surface area contributed by atoms with Crippen LogP contribution in [-0.2, 0) is 0 Å². The van der Waals surface area contributed by atoms with Crippen molar-refractivity contribution in [1.29, 1.82) is 0 Å². The highest BCUT2D eigenvalue weighted by molar-refractivity contribution is 6.14. The lowest BCUT2D eigenvalue weighted by Gasteiger charge is -2.28. The summed E-state index contributed by atoms with van der Waals surface area (Å²) in [6.45, 7) is 0. The third-order valence-corrected chi connectivity index (χ3v) is 11.3. The molecule has 0 aliphatic carbocycles. The molecule has 1 heterocycles. The summed E-state index contributed by atoms with van der Waals surface area (Å²) in [4.78, 5) is 2.39. The molecule has 11 aromatic rings. The largest absolute Gasteiger partial charge is 0.455 e. The van der Waals surface area contributed by atoms with Gasteiger partial charge in [0.2, 0.25) is 0 Å². The lowest BCUT2D eigenvalue weighted by atomic mass is 9.93. The second-order valence-corrected chi connectivity index (χ2v) is 14.5. The van der Waals surface area contributed by atoms with Crippen molar-refractivity contribution in [3.05, 3.63) is 212 Å². The summed E-state index contributed by atoms with van der Waals surface area (Å²) >= 11 is 0. The number of anilines is 3. The molecule has 0 fully saturated rings. The number of hydrogen-bond acceptors (Lipinski definition) is 2. The van der Waals surface area contributed by atoms with E-state index in [0.717, 1.165) is 50.1 Å². The van der Waals surface area contributed by atoms with E-state index in [4.69, 9.17) is 4.42 Å².